The van der Waals surface area contributed by atoms with Crippen LogP contribution in [-0.4, -0.2) is 24.2 Å². The highest BCUT2D eigenvalue weighted by molar-refractivity contribution is 5.85. The number of benzene rings is 1. The fourth-order valence-corrected chi connectivity index (χ4v) is 2.64. The minimum absolute atomic E-state index is 0.00317. The van der Waals surface area contributed by atoms with Gasteiger partial charge in [-0.15, -0.1) is 0 Å². The molecule has 1 N–H and O–H groups in total. The maximum atomic E-state index is 14.2. The van der Waals surface area contributed by atoms with Crippen LogP contribution < -0.4 is 4.90 Å². The molecule has 21 heavy (non-hydrogen) atoms. The molecule has 1 aromatic rings. The molecule has 1 unspecified atom stereocenters. The third kappa shape index (κ3) is 4.03. The molecule has 1 heterocycles. The van der Waals surface area contributed by atoms with Gasteiger partial charge in [0.2, 0.25) is 0 Å². The second-order valence-corrected chi connectivity index (χ2v) is 5.53. The van der Waals surface area contributed by atoms with E-state index >= 15 is 0 Å². The SMILES string of the molecule is CC1CCCN(c2c(F)cc(C=CC(=O)O)cc2F)CC1. The summed E-state index contributed by atoms with van der Waals surface area (Å²) in [5.74, 6) is -1.87. The maximum Gasteiger partial charge on any atom is 0.328 e. The molecule has 5 heteroatoms. The number of nitrogens with zero attached hydrogens (tertiary/aromatic N) is 1. The summed E-state index contributed by atoms with van der Waals surface area (Å²) in [6, 6.07) is 2.35. The van der Waals surface area contributed by atoms with Gasteiger partial charge in [-0.25, -0.2) is 13.6 Å². The first-order valence-electron chi connectivity index (χ1n) is 7.12. The van der Waals surface area contributed by atoms with Gasteiger partial charge in [-0.05, 0) is 49.0 Å². The Morgan fingerprint density at radius 3 is 2.57 bits per heavy atom. The van der Waals surface area contributed by atoms with Crippen molar-refractivity contribution in [1.29, 1.82) is 0 Å². The molecule has 1 aliphatic rings. The lowest BCUT2D eigenvalue weighted by atomic mass is 10.0. The van der Waals surface area contributed by atoms with Crippen LogP contribution in [0.2, 0.25) is 0 Å². The van der Waals surface area contributed by atoms with Crippen molar-refractivity contribution < 1.29 is 18.7 Å². The molecule has 1 fully saturated rings. The van der Waals surface area contributed by atoms with Crippen molar-refractivity contribution in [3.8, 4) is 0 Å². The van der Waals surface area contributed by atoms with E-state index in [-0.39, 0.29) is 11.3 Å². The molecule has 0 amide bonds. The third-order valence-corrected chi connectivity index (χ3v) is 3.79. The van der Waals surface area contributed by atoms with Gasteiger partial charge in [0, 0.05) is 19.2 Å². The predicted molar refractivity (Wildman–Crippen MR) is 78.3 cm³/mol. The Hall–Kier alpha value is -1.91. The zero-order chi connectivity index (χ0) is 15.4. The van der Waals surface area contributed by atoms with Gasteiger partial charge in [-0.3, -0.25) is 0 Å². The molecule has 1 saturated heterocycles. The average molecular weight is 295 g/mol. The second-order valence-electron chi connectivity index (χ2n) is 5.53. The van der Waals surface area contributed by atoms with Crippen molar-refractivity contribution >= 4 is 17.7 Å². The summed E-state index contributed by atoms with van der Waals surface area (Å²) >= 11 is 0. The van der Waals surface area contributed by atoms with Crippen molar-refractivity contribution in [3.63, 3.8) is 0 Å². The minimum Gasteiger partial charge on any atom is -0.478 e. The molecule has 0 radical (unpaired) electrons. The summed E-state index contributed by atoms with van der Waals surface area (Å²) in [6.45, 7) is 3.43. The van der Waals surface area contributed by atoms with E-state index in [0.717, 1.165) is 25.3 Å². The van der Waals surface area contributed by atoms with E-state index in [9.17, 15) is 13.6 Å². The van der Waals surface area contributed by atoms with Crippen molar-refractivity contribution in [2.75, 3.05) is 18.0 Å². The van der Waals surface area contributed by atoms with Gasteiger partial charge in [0.25, 0.3) is 0 Å². The first-order valence-corrected chi connectivity index (χ1v) is 7.12. The molecule has 0 spiro atoms. The Balaban J connectivity index is 2.26. The van der Waals surface area contributed by atoms with Crippen LogP contribution in [0.4, 0.5) is 14.5 Å². The Kier molecular flexibility index (Phi) is 4.94. The van der Waals surface area contributed by atoms with E-state index in [2.05, 4.69) is 6.92 Å². The van der Waals surface area contributed by atoms with Gasteiger partial charge in [0.15, 0.2) is 0 Å². The van der Waals surface area contributed by atoms with Crippen LogP contribution in [0.5, 0.6) is 0 Å². The van der Waals surface area contributed by atoms with Crippen LogP contribution >= 0.6 is 0 Å². The van der Waals surface area contributed by atoms with Crippen molar-refractivity contribution in [1.82, 2.24) is 0 Å². The summed E-state index contributed by atoms with van der Waals surface area (Å²) in [4.78, 5) is 12.2. The monoisotopic (exact) mass is 295 g/mol. The summed E-state index contributed by atoms with van der Waals surface area (Å²) in [6.07, 6.45) is 4.95. The fourth-order valence-electron chi connectivity index (χ4n) is 2.64. The summed E-state index contributed by atoms with van der Waals surface area (Å²) < 4.78 is 28.4. The summed E-state index contributed by atoms with van der Waals surface area (Å²) in [5, 5.41) is 8.55. The van der Waals surface area contributed by atoms with Gasteiger partial charge in [-0.2, -0.15) is 0 Å². The highest BCUT2D eigenvalue weighted by Crippen LogP contribution is 2.28. The molecule has 1 atom stereocenters. The van der Waals surface area contributed by atoms with Crippen LogP contribution in [0.15, 0.2) is 18.2 Å². The number of halogens is 2. The molecule has 0 aliphatic carbocycles. The Morgan fingerprint density at radius 1 is 1.29 bits per heavy atom. The van der Waals surface area contributed by atoms with E-state index in [1.165, 1.54) is 18.2 Å². The molecular weight excluding hydrogens is 276 g/mol. The van der Waals surface area contributed by atoms with Crippen molar-refractivity contribution in [2.24, 2.45) is 5.92 Å². The standard InChI is InChI=1S/C16H19F2NO2/c1-11-3-2-7-19(8-6-11)16-13(17)9-12(10-14(16)18)4-5-15(20)21/h4-5,9-11H,2-3,6-8H2,1H3,(H,20,21). The zero-order valence-electron chi connectivity index (χ0n) is 12.0. The molecule has 0 bridgehead atoms. The number of hydrogen-bond donors (Lipinski definition) is 1. The smallest absolute Gasteiger partial charge is 0.328 e. The van der Waals surface area contributed by atoms with Crippen LogP contribution in [0, 0.1) is 17.6 Å². The summed E-state index contributed by atoms with van der Waals surface area (Å²) in [5.41, 5.74) is 0.205. The van der Waals surface area contributed by atoms with E-state index in [1.807, 2.05) is 0 Å². The number of anilines is 1. The molecule has 2 rings (SSSR count). The lowest BCUT2D eigenvalue weighted by molar-refractivity contribution is -0.131. The van der Waals surface area contributed by atoms with E-state index in [0.29, 0.717) is 19.0 Å². The van der Waals surface area contributed by atoms with E-state index in [4.69, 9.17) is 5.11 Å². The minimum atomic E-state index is -1.15. The van der Waals surface area contributed by atoms with E-state index in [1.54, 1.807) is 4.90 Å². The predicted octanol–water partition coefficient (Wildman–Crippen LogP) is 3.69. The van der Waals surface area contributed by atoms with Gasteiger partial charge in [-0.1, -0.05) is 6.92 Å². The van der Waals surface area contributed by atoms with Crippen molar-refractivity contribution in [3.05, 3.63) is 35.4 Å². The average Bonchev–Trinajstić information content (AvgIpc) is 2.61. The zero-order valence-corrected chi connectivity index (χ0v) is 12.0. The molecule has 1 aliphatic heterocycles. The topological polar surface area (TPSA) is 40.5 Å². The Labute approximate surface area is 122 Å². The molecule has 0 aromatic heterocycles. The lowest BCUT2D eigenvalue weighted by Gasteiger charge is -2.24. The molecule has 114 valence electrons. The van der Waals surface area contributed by atoms with Crippen molar-refractivity contribution in [2.45, 2.75) is 26.2 Å². The second kappa shape index (κ2) is 6.70. The Bertz CT molecular complexity index is 534. The largest absolute Gasteiger partial charge is 0.478 e. The first kappa shape index (κ1) is 15.5. The van der Waals surface area contributed by atoms with Gasteiger partial charge >= 0.3 is 5.97 Å². The van der Waals surface area contributed by atoms with Crippen LogP contribution in [0.25, 0.3) is 6.08 Å². The molecule has 0 saturated carbocycles. The van der Waals surface area contributed by atoms with Gasteiger partial charge < -0.3 is 10.0 Å². The van der Waals surface area contributed by atoms with Crippen LogP contribution in [0.3, 0.4) is 0 Å². The van der Waals surface area contributed by atoms with Crippen LogP contribution in [-0.2, 0) is 4.79 Å². The first-order chi connectivity index (χ1) is 9.97. The van der Waals surface area contributed by atoms with Crippen LogP contribution in [0.1, 0.15) is 31.7 Å². The highest BCUT2D eigenvalue weighted by Gasteiger charge is 2.20. The molecule has 3 nitrogen and oxygen atoms in total. The third-order valence-electron chi connectivity index (χ3n) is 3.79. The number of carboxylic acids is 1. The van der Waals surface area contributed by atoms with Gasteiger partial charge in [0.1, 0.15) is 17.3 Å². The number of rotatable bonds is 3. The number of carboxylic acid groups (broad SMARTS) is 1. The van der Waals surface area contributed by atoms with Gasteiger partial charge in [0.05, 0.1) is 0 Å². The maximum absolute atomic E-state index is 14.2. The highest BCUT2D eigenvalue weighted by atomic mass is 19.1. The quantitative estimate of drug-likeness (QED) is 0.865. The normalized spacial score (nSPS) is 19.8. The number of aliphatic carboxylic acids is 1. The summed E-state index contributed by atoms with van der Waals surface area (Å²) in [7, 11) is 0. The van der Waals surface area contributed by atoms with E-state index < -0.39 is 17.6 Å². The fraction of sp³-hybridized carbons (Fsp3) is 0.438. The molecular formula is C16H19F2NO2. The molecule has 1 aromatic carbocycles. The lowest BCUT2D eigenvalue weighted by Crippen LogP contribution is -2.26. The number of hydrogen-bond acceptors (Lipinski definition) is 2. The number of carbonyl (C=O) groups is 1. The Morgan fingerprint density at radius 2 is 1.95 bits per heavy atom.